The van der Waals surface area contributed by atoms with Gasteiger partial charge in [0.25, 0.3) is 0 Å². The number of alkyl halides is 1. The maximum atomic E-state index is 11.1. The molecule has 1 heterocycles. The number of rotatable bonds is 4. The second-order valence-corrected chi connectivity index (χ2v) is 4.41. The molecule has 0 spiro atoms. The number of halogens is 1. The second-order valence-electron chi connectivity index (χ2n) is 4.14. The fraction of sp³-hybridized carbons (Fsp3) is 0.900. The number of carbonyl (C=O) groups is 1. The number of ether oxygens (including phenoxy) is 1. The van der Waals surface area contributed by atoms with Gasteiger partial charge in [0.2, 0.25) is 5.91 Å². The first-order chi connectivity index (χ1) is 7.10. The lowest BCUT2D eigenvalue weighted by molar-refractivity contribution is -0.119. The van der Waals surface area contributed by atoms with E-state index in [0.29, 0.717) is 6.54 Å². The van der Waals surface area contributed by atoms with Gasteiger partial charge in [0, 0.05) is 25.3 Å². The molecular formula is C10H19ClN2O2. The molecular weight excluding hydrogens is 216 g/mol. The van der Waals surface area contributed by atoms with E-state index in [2.05, 4.69) is 10.2 Å². The van der Waals surface area contributed by atoms with Gasteiger partial charge >= 0.3 is 0 Å². The molecule has 1 fully saturated rings. The van der Waals surface area contributed by atoms with Gasteiger partial charge in [0.15, 0.2) is 0 Å². The molecule has 0 aliphatic carbocycles. The van der Waals surface area contributed by atoms with Crippen LogP contribution in [0.5, 0.6) is 0 Å². The van der Waals surface area contributed by atoms with Crippen molar-refractivity contribution < 1.29 is 9.53 Å². The number of carbonyl (C=O) groups excluding carboxylic acids is 1. The molecule has 0 unspecified atom stereocenters. The first-order valence-electron chi connectivity index (χ1n) is 5.18. The van der Waals surface area contributed by atoms with E-state index in [1.165, 1.54) is 0 Å². The topological polar surface area (TPSA) is 41.6 Å². The van der Waals surface area contributed by atoms with E-state index in [1.54, 1.807) is 0 Å². The van der Waals surface area contributed by atoms with E-state index < -0.39 is 0 Å². The van der Waals surface area contributed by atoms with Crippen LogP contribution >= 0.6 is 11.6 Å². The Morgan fingerprint density at radius 3 is 2.53 bits per heavy atom. The van der Waals surface area contributed by atoms with E-state index in [0.717, 1.165) is 26.1 Å². The van der Waals surface area contributed by atoms with Crippen molar-refractivity contribution >= 4 is 17.5 Å². The van der Waals surface area contributed by atoms with Crippen LogP contribution < -0.4 is 5.32 Å². The van der Waals surface area contributed by atoms with Crippen LogP contribution in [0.3, 0.4) is 0 Å². The number of hydrogen-bond acceptors (Lipinski definition) is 3. The van der Waals surface area contributed by atoms with Crippen LogP contribution in [0.1, 0.15) is 12.8 Å². The monoisotopic (exact) mass is 234 g/mol. The van der Waals surface area contributed by atoms with Crippen molar-refractivity contribution in [2.24, 2.45) is 0 Å². The number of nitrogens with one attached hydrogen (secondary N) is 1. The van der Waals surface area contributed by atoms with Gasteiger partial charge in [-0.3, -0.25) is 4.79 Å². The minimum atomic E-state index is -0.107. The zero-order chi connectivity index (χ0) is 11.3. The molecule has 0 aromatic carbocycles. The predicted molar refractivity (Wildman–Crippen MR) is 60.2 cm³/mol. The van der Waals surface area contributed by atoms with Crippen molar-refractivity contribution in [1.82, 2.24) is 10.2 Å². The molecule has 0 aromatic heterocycles. The maximum absolute atomic E-state index is 11.1. The molecule has 0 radical (unpaired) electrons. The standard InChI is InChI=1S/C10H19ClN2O2/c1-13(2)10(3-5-15-6-4-10)8-12-9(14)7-11/h3-8H2,1-2H3,(H,12,14). The van der Waals surface area contributed by atoms with Crippen LogP contribution in [0.2, 0.25) is 0 Å². The lowest BCUT2D eigenvalue weighted by atomic mass is 9.88. The highest BCUT2D eigenvalue weighted by molar-refractivity contribution is 6.27. The molecule has 5 heteroatoms. The fourth-order valence-electron chi connectivity index (χ4n) is 1.84. The van der Waals surface area contributed by atoms with Gasteiger partial charge in [0.05, 0.1) is 0 Å². The van der Waals surface area contributed by atoms with Crippen LogP contribution in [-0.4, -0.2) is 56.1 Å². The summed E-state index contributed by atoms with van der Waals surface area (Å²) in [5, 5.41) is 2.86. The number of likely N-dealkylation sites (N-methyl/N-ethyl adjacent to an activating group) is 1. The third-order valence-electron chi connectivity index (χ3n) is 3.11. The van der Waals surface area contributed by atoms with Gasteiger partial charge < -0.3 is 15.0 Å². The lowest BCUT2D eigenvalue weighted by Crippen LogP contribution is -2.55. The molecule has 0 saturated carbocycles. The summed E-state index contributed by atoms with van der Waals surface area (Å²) in [5.74, 6) is -0.0793. The Bertz CT molecular complexity index is 215. The van der Waals surface area contributed by atoms with Crippen LogP contribution in [0.15, 0.2) is 0 Å². The van der Waals surface area contributed by atoms with Crippen LogP contribution in [0, 0.1) is 0 Å². The quantitative estimate of drug-likeness (QED) is 0.719. The Morgan fingerprint density at radius 1 is 1.47 bits per heavy atom. The Labute approximate surface area is 95.9 Å². The molecule has 1 aliphatic rings. The van der Waals surface area contributed by atoms with Gasteiger partial charge in [-0.05, 0) is 26.9 Å². The summed E-state index contributed by atoms with van der Waals surface area (Å²) in [6.07, 6.45) is 1.89. The Hall–Kier alpha value is -0.320. The van der Waals surface area contributed by atoms with Crippen molar-refractivity contribution in [3.05, 3.63) is 0 Å². The smallest absolute Gasteiger partial charge is 0.234 e. The minimum absolute atomic E-state index is 0.0277. The first kappa shape index (κ1) is 12.7. The van der Waals surface area contributed by atoms with E-state index in [4.69, 9.17) is 16.3 Å². The molecule has 1 amide bonds. The molecule has 1 aliphatic heterocycles. The third kappa shape index (κ3) is 3.33. The zero-order valence-corrected chi connectivity index (χ0v) is 10.1. The van der Waals surface area contributed by atoms with Gasteiger partial charge in [0.1, 0.15) is 5.88 Å². The summed E-state index contributed by atoms with van der Waals surface area (Å²) >= 11 is 5.44. The molecule has 0 aromatic rings. The highest BCUT2D eigenvalue weighted by atomic mass is 35.5. The number of hydrogen-bond donors (Lipinski definition) is 1. The van der Waals surface area contributed by atoms with Crippen molar-refractivity contribution in [1.29, 1.82) is 0 Å². The lowest BCUT2D eigenvalue weighted by Gasteiger charge is -2.42. The maximum Gasteiger partial charge on any atom is 0.234 e. The van der Waals surface area contributed by atoms with E-state index in [9.17, 15) is 4.79 Å². The van der Waals surface area contributed by atoms with E-state index in [1.807, 2.05) is 14.1 Å². The second kappa shape index (κ2) is 5.68. The summed E-state index contributed by atoms with van der Waals surface area (Å²) in [7, 11) is 4.08. The van der Waals surface area contributed by atoms with Crippen molar-refractivity contribution in [2.75, 3.05) is 39.7 Å². The minimum Gasteiger partial charge on any atom is -0.381 e. The van der Waals surface area contributed by atoms with Crippen LogP contribution in [0.25, 0.3) is 0 Å². The zero-order valence-electron chi connectivity index (χ0n) is 9.38. The summed E-state index contributed by atoms with van der Waals surface area (Å²) < 4.78 is 5.34. The number of nitrogens with zero attached hydrogens (tertiary/aromatic N) is 1. The predicted octanol–water partition coefficient (Wildman–Crippen LogP) is 0.452. The Kier molecular flexibility index (Phi) is 4.83. The average Bonchev–Trinajstić information content (AvgIpc) is 2.27. The fourth-order valence-corrected chi connectivity index (χ4v) is 1.94. The summed E-state index contributed by atoms with van der Waals surface area (Å²) in [6, 6.07) is 0. The summed E-state index contributed by atoms with van der Waals surface area (Å²) in [5.41, 5.74) is 0.0277. The molecule has 15 heavy (non-hydrogen) atoms. The SMILES string of the molecule is CN(C)C1(CNC(=O)CCl)CCOCC1. The third-order valence-corrected chi connectivity index (χ3v) is 3.35. The van der Waals surface area contributed by atoms with Gasteiger partial charge in [-0.1, -0.05) is 0 Å². The molecule has 0 atom stereocenters. The molecule has 88 valence electrons. The molecule has 1 N–H and O–H groups in total. The average molecular weight is 235 g/mol. The van der Waals surface area contributed by atoms with Gasteiger partial charge in [-0.15, -0.1) is 11.6 Å². The summed E-state index contributed by atoms with van der Waals surface area (Å²) in [6.45, 7) is 2.17. The Morgan fingerprint density at radius 2 is 2.07 bits per heavy atom. The molecule has 0 bridgehead atoms. The van der Waals surface area contributed by atoms with E-state index >= 15 is 0 Å². The molecule has 4 nitrogen and oxygen atoms in total. The highest BCUT2D eigenvalue weighted by Gasteiger charge is 2.34. The van der Waals surface area contributed by atoms with Gasteiger partial charge in [-0.25, -0.2) is 0 Å². The summed E-state index contributed by atoms with van der Waals surface area (Å²) in [4.78, 5) is 13.3. The van der Waals surface area contributed by atoms with Crippen molar-refractivity contribution in [3.63, 3.8) is 0 Å². The number of amides is 1. The van der Waals surface area contributed by atoms with Crippen molar-refractivity contribution in [2.45, 2.75) is 18.4 Å². The molecule has 1 rings (SSSR count). The Balaban J connectivity index is 2.53. The normalized spacial score (nSPS) is 20.3. The van der Waals surface area contributed by atoms with E-state index in [-0.39, 0.29) is 17.3 Å². The van der Waals surface area contributed by atoms with Crippen molar-refractivity contribution in [3.8, 4) is 0 Å². The molecule has 1 saturated heterocycles. The largest absolute Gasteiger partial charge is 0.381 e. The van der Waals surface area contributed by atoms with Crippen LogP contribution in [-0.2, 0) is 9.53 Å². The highest BCUT2D eigenvalue weighted by Crippen LogP contribution is 2.24. The van der Waals surface area contributed by atoms with Gasteiger partial charge in [-0.2, -0.15) is 0 Å². The van der Waals surface area contributed by atoms with Crippen LogP contribution in [0.4, 0.5) is 0 Å². The first-order valence-corrected chi connectivity index (χ1v) is 5.72.